The van der Waals surface area contributed by atoms with Crippen molar-refractivity contribution in [1.29, 1.82) is 0 Å². The van der Waals surface area contributed by atoms with Crippen molar-refractivity contribution >= 4 is 23.9 Å². The Morgan fingerprint density at radius 2 is 0.738 bits per heavy atom. The van der Waals surface area contributed by atoms with Crippen LogP contribution in [0, 0.1) is 51.8 Å². The predicted molar refractivity (Wildman–Crippen MR) is 472 cm³/mol. The Balaban J connectivity index is -0.000000153. The molecule has 5 saturated carbocycles. The largest absolute Gasteiger partial charge is 0.508 e. The summed E-state index contributed by atoms with van der Waals surface area (Å²) in [5, 5.41) is 18.0. The fraction of sp³-hybridized carbons (Fsp3) is 0.711. The lowest BCUT2D eigenvalue weighted by Crippen LogP contribution is -2.58. The van der Waals surface area contributed by atoms with E-state index in [9.17, 15) is 19.2 Å². The first kappa shape index (κ1) is 120. The molecule has 0 heterocycles. The van der Waals surface area contributed by atoms with Crippen molar-refractivity contribution in [2.24, 2.45) is 44.8 Å². The van der Waals surface area contributed by atoms with Gasteiger partial charge in [-0.1, -0.05) is 224 Å². The normalized spacial score (nSPS) is 18.2. The number of aromatic hydroxyl groups is 2. The van der Waals surface area contributed by atoms with Gasteiger partial charge >= 0.3 is 23.9 Å². The van der Waals surface area contributed by atoms with E-state index in [2.05, 4.69) is 73.6 Å². The van der Waals surface area contributed by atoms with Crippen molar-refractivity contribution in [3.05, 3.63) is 130 Å². The molecule has 0 aromatic heterocycles. The summed E-state index contributed by atoms with van der Waals surface area (Å²) in [6, 6.07) is 29.5. The number of hydrogen-bond donors (Lipinski definition) is 2. The number of benzene rings is 4. The average Bonchev–Trinajstić information content (AvgIpc) is 0.958. The predicted octanol–water partition coefficient (Wildman–Crippen LogP) is 30.7. The molecule has 10 nitrogen and oxygen atoms in total. The maximum Gasteiger partial charge on any atom is 0.312 e. The summed E-state index contributed by atoms with van der Waals surface area (Å²) in [5.74, 6) is 4.30. The zero-order valence-electron chi connectivity index (χ0n) is 63.7. The molecule has 4 atom stereocenters. The van der Waals surface area contributed by atoms with Crippen LogP contribution in [0.1, 0.15) is 420 Å². The minimum absolute atomic E-state index is 0. The van der Waals surface area contributed by atoms with Gasteiger partial charge in [0.25, 0.3) is 0 Å². The van der Waals surface area contributed by atoms with Crippen LogP contribution in [0.25, 0.3) is 0 Å². The summed E-state index contributed by atoms with van der Waals surface area (Å²) in [6.07, 6.45) is 23.7. The monoisotopic (exact) mass is 1510 g/mol. The molecule has 0 amide bonds. The Kier molecular flexibility index (Phi) is 59.6. The quantitative estimate of drug-likeness (QED) is 0.0648. The molecule has 4 unspecified atom stereocenters. The molecule has 628 valence electrons. The molecular weight excluding hydrogens is 1330 g/mol. The van der Waals surface area contributed by atoms with E-state index in [-0.39, 0.29) is 153 Å². The van der Waals surface area contributed by atoms with Gasteiger partial charge in [0.15, 0.2) is 0 Å². The van der Waals surface area contributed by atoms with Crippen LogP contribution >= 0.6 is 0 Å². The Morgan fingerprint density at radius 3 is 1.08 bits per heavy atom. The number of phenolic OH excluding ortho intramolecular Hbond substituents is 2. The van der Waals surface area contributed by atoms with Gasteiger partial charge in [0.1, 0.15) is 34.9 Å². The van der Waals surface area contributed by atoms with Gasteiger partial charge < -0.3 is 29.2 Å². The fourth-order valence-electron chi connectivity index (χ4n) is 13.5. The molecule has 10 heteroatoms. The summed E-state index contributed by atoms with van der Waals surface area (Å²) in [7, 11) is 0. The molecule has 0 radical (unpaired) electrons. The van der Waals surface area contributed by atoms with E-state index in [1.54, 1.807) is 24.3 Å². The van der Waals surface area contributed by atoms with E-state index in [0.29, 0.717) is 23.3 Å². The smallest absolute Gasteiger partial charge is 0.312 e. The zero-order chi connectivity index (χ0) is 71.3. The summed E-state index contributed by atoms with van der Waals surface area (Å²) in [5.41, 5.74) is 7.17. The van der Waals surface area contributed by atoms with E-state index < -0.39 is 10.8 Å². The first-order valence-electron chi connectivity index (χ1n) is 37.1. The first-order chi connectivity index (χ1) is 44.4. The second-order valence-corrected chi connectivity index (χ2v) is 32.2. The lowest BCUT2D eigenvalue weighted by Gasteiger charge is -2.61. The Labute approximate surface area is 666 Å². The lowest BCUT2D eigenvalue weighted by molar-refractivity contribution is -0.206. The van der Waals surface area contributed by atoms with Crippen molar-refractivity contribution in [2.75, 3.05) is 0 Å². The number of phenols is 2. The van der Waals surface area contributed by atoms with Gasteiger partial charge in [0.2, 0.25) is 0 Å². The fourth-order valence-corrected chi connectivity index (χ4v) is 13.5. The topological polar surface area (TPSA) is 146 Å². The van der Waals surface area contributed by atoms with Crippen LogP contribution in [0.2, 0.25) is 0 Å². The molecule has 5 fully saturated rings. The highest BCUT2D eigenvalue weighted by atomic mass is 16.6. The average molecular weight is 1510 g/mol. The molecule has 2 N–H and O–H groups in total. The van der Waals surface area contributed by atoms with E-state index in [1.807, 2.05) is 145 Å². The highest BCUT2D eigenvalue weighted by Gasteiger charge is 2.59. The van der Waals surface area contributed by atoms with Gasteiger partial charge in [-0.3, -0.25) is 19.2 Å². The molecule has 0 aliphatic heterocycles. The van der Waals surface area contributed by atoms with Crippen molar-refractivity contribution in [2.45, 2.75) is 412 Å². The van der Waals surface area contributed by atoms with Crippen LogP contribution in [-0.4, -0.2) is 45.3 Å². The van der Waals surface area contributed by atoms with Gasteiger partial charge in [-0.25, -0.2) is 0 Å². The van der Waals surface area contributed by atoms with E-state index >= 15 is 0 Å². The van der Waals surface area contributed by atoms with Gasteiger partial charge in [-0.2, -0.15) is 0 Å². The number of ether oxygens (including phenoxy) is 4. The molecule has 107 heavy (non-hydrogen) atoms. The number of rotatable bonds is 20. The Morgan fingerprint density at radius 1 is 0.421 bits per heavy atom. The van der Waals surface area contributed by atoms with Crippen LogP contribution in [0.3, 0.4) is 0 Å². The third-order valence-corrected chi connectivity index (χ3v) is 23.0. The van der Waals surface area contributed by atoms with Crippen LogP contribution < -0.4 is 0 Å². The maximum absolute atomic E-state index is 12.6. The van der Waals surface area contributed by atoms with Crippen LogP contribution in [-0.2, 0) is 51.0 Å². The minimum atomic E-state index is -0.404. The van der Waals surface area contributed by atoms with Crippen LogP contribution in [0.5, 0.6) is 11.5 Å². The molecule has 4 aromatic carbocycles. The number of hydrogen-bond acceptors (Lipinski definition) is 10. The number of fused-ring (bicyclic) bond motifs is 1. The summed E-state index contributed by atoms with van der Waals surface area (Å²) >= 11 is 0. The number of aryl methyl sites for hydroxylation is 3. The highest BCUT2D eigenvalue weighted by Crippen LogP contribution is 2.64. The third-order valence-electron chi connectivity index (χ3n) is 23.0. The number of carbonyl (C=O) groups excluding carboxylic acids is 4. The highest BCUT2D eigenvalue weighted by molar-refractivity contribution is 5.77. The van der Waals surface area contributed by atoms with Crippen molar-refractivity contribution in [3.8, 4) is 11.5 Å². The van der Waals surface area contributed by atoms with Crippen molar-refractivity contribution < 1.29 is 48.3 Å². The number of esters is 4. The lowest BCUT2D eigenvalue weighted by atomic mass is 9.46. The van der Waals surface area contributed by atoms with E-state index in [0.717, 1.165) is 93.1 Å². The Hall–Kier alpha value is -5.64. The minimum Gasteiger partial charge on any atom is -0.508 e. The standard InChI is InChI=1S/C19H32O2.C18H26O2.C15H22O2.C13H24O2.2C10H14O.12CH4/c1-6-17(2,3)16(20)21-18(4,5)19-10-13-7-14(11-19)9-15(8-13)12-19;1-5-18(3,4)17(19)20-13(2)15-11-10-14-8-6-7-9-16(14)12-15;1-6-15(4,5)14(16)17-12(3)13-9-7-11(2)8-10-13;1-5-12(3,4)11(14)15-13(6-2)9-7-8-10-13;2*1-3-8(2)9-4-6-10(11)7-5-9;;;;;;;;;;;;/h13-15H,6-12H2,1-5H3;10-13H,5-9H2,1-4H3;7-10,12H,6H2,1-5H3;5-10H2,1-4H3;2*4-8,11H,3H2,1-2H3;12*1H4. The van der Waals surface area contributed by atoms with Gasteiger partial charge in [0.05, 0.1) is 21.7 Å². The molecule has 0 spiro atoms. The van der Waals surface area contributed by atoms with E-state index in [1.165, 1.54) is 98.4 Å². The van der Waals surface area contributed by atoms with Gasteiger partial charge in [-0.15, -0.1) is 0 Å². The molecule has 4 bridgehead atoms. The third kappa shape index (κ3) is 35.1. The molecule has 0 saturated heterocycles. The van der Waals surface area contributed by atoms with Crippen molar-refractivity contribution in [1.82, 2.24) is 0 Å². The number of carbonyl (C=O) groups is 4. The second kappa shape index (κ2) is 53.3. The molecule has 6 aliphatic carbocycles. The SMILES string of the molecule is C.C.C.C.C.C.C.C.C.C.C.C.CCC(C)(C)C(=O)OC(C)(C)C12CC3CC(CC(C3)C1)C2.CCC(C)(C)C(=O)OC(C)c1ccc(C)cc1.CCC(C)(C)C(=O)OC(C)c1ccc2c(c1)CCCC2.CCC(C)c1ccc(O)cc1.CCC(C)c1ccc(O)cc1.CCC1(OC(=O)C(C)(C)CC)CCCC1. The van der Waals surface area contributed by atoms with Gasteiger partial charge in [-0.05, 0) is 312 Å². The maximum atomic E-state index is 12.6. The van der Waals surface area contributed by atoms with Crippen LogP contribution in [0.15, 0.2) is 91.0 Å². The summed E-state index contributed by atoms with van der Waals surface area (Å²) in [4.78, 5) is 48.6. The molecular formula is C97H180O10. The summed E-state index contributed by atoms with van der Waals surface area (Å²) < 4.78 is 23.0. The van der Waals surface area contributed by atoms with Gasteiger partial charge in [0, 0.05) is 5.41 Å². The van der Waals surface area contributed by atoms with Crippen molar-refractivity contribution in [3.63, 3.8) is 0 Å². The van der Waals surface area contributed by atoms with Crippen LogP contribution in [0.4, 0.5) is 0 Å². The van der Waals surface area contributed by atoms with E-state index in [4.69, 9.17) is 29.2 Å². The Bertz CT molecular complexity index is 2890. The zero-order valence-corrected chi connectivity index (χ0v) is 63.7. The first-order valence-corrected chi connectivity index (χ1v) is 37.1. The molecule has 4 aromatic rings. The molecule has 6 aliphatic rings. The molecule has 10 rings (SSSR count). The second-order valence-electron chi connectivity index (χ2n) is 32.2. The summed E-state index contributed by atoms with van der Waals surface area (Å²) in [6.45, 7) is 44.9.